The smallest absolute Gasteiger partial charge is 0.324 e. The van der Waals surface area contributed by atoms with E-state index in [1.807, 2.05) is 6.92 Å². The third-order valence-electron chi connectivity index (χ3n) is 4.68. The first kappa shape index (κ1) is 24.3. The fourth-order valence-electron chi connectivity index (χ4n) is 3.30. The maximum atomic E-state index is 13.4. The van der Waals surface area contributed by atoms with Gasteiger partial charge in [-0.15, -0.1) is 0 Å². The first-order valence-corrected chi connectivity index (χ1v) is 11.7. The molecule has 0 bridgehead atoms. The van der Waals surface area contributed by atoms with E-state index in [9.17, 15) is 18.0 Å². The van der Waals surface area contributed by atoms with Crippen molar-refractivity contribution < 1.29 is 27.5 Å². The van der Waals surface area contributed by atoms with E-state index in [1.165, 1.54) is 10.4 Å². The highest BCUT2D eigenvalue weighted by Gasteiger charge is 2.42. The molecular weight excluding hydrogens is 408 g/mol. The first-order chi connectivity index (χ1) is 14.0. The van der Waals surface area contributed by atoms with Crippen LogP contribution in [0.5, 0.6) is 5.88 Å². The number of hydrogen-bond acceptors (Lipinski definition) is 7. The molecule has 0 amide bonds. The molecule has 1 saturated heterocycles. The molecule has 0 saturated carbocycles. The van der Waals surface area contributed by atoms with E-state index in [0.29, 0.717) is 37.8 Å². The summed E-state index contributed by atoms with van der Waals surface area (Å²) in [6, 6.07) is 2.21. The van der Waals surface area contributed by atoms with Gasteiger partial charge in [-0.1, -0.05) is 0 Å². The maximum absolute atomic E-state index is 13.4. The van der Waals surface area contributed by atoms with Crippen molar-refractivity contribution in [2.75, 3.05) is 6.54 Å². The standard InChI is InChI=1S/C21H32N2O6S/c1-15-11-12-18(19(22-15)28-16(2)9-6-7-14-24)30(26,27)23-13-8-10-17(23)20(25)29-21(3,4)5/h11-12,14,16-17H,6-10,13H2,1-5H3/t16-,17+/m1/s1. The molecule has 0 aromatic carbocycles. The Bertz CT molecular complexity index is 863. The van der Waals surface area contributed by atoms with Crippen molar-refractivity contribution in [3.63, 3.8) is 0 Å². The van der Waals surface area contributed by atoms with Gasteiger partial charge in [-0.25, -0.2) is 13.4 Å². The van der Waals surface area contributed by atoms with Crippen LogP contribution in [0.4, 0.5) is 0 Å². The Kier molecular flexibility index (Phi) is 7.99. The molecule has 168 valence electrons. The van der Waals surface area contributed by atoms with Gasteiger partial charge in [-0.05, 0) is 72.4 Å². The highest BCUT2D eigenvalue weighted by molar-refractivity contribution is 7.89. The SMILES string of the molecule is Cc1ccc(S(=O)(=O)N2CCC[C@H]2C(=O)OC(C)(C)C)c(O[C@H](C)CCCC=O)n1. The van der Waals surface area contributed by atoms with Crippen molar-refractivity contribution in [1.82, 2.24) is 9.29 Å². The number of carbonyl (C=O) groups excluding carboxylic acids is 2. The van der Waals surface area contributed by atoms with Crippen LogP contribution in [0.1, 0.15) is 65.5 Å². The second kappa shape index (κ2) is 9.87. The van der Waals surface area contributed by atoms with Gasteiger partial charge in [0.1, 0.15) is 22.8 Å². The number of hydrogen-bond donors (Lipinski definition) is 0. The van der Waals surface area contributed by atoms with Crippen LogP contribution >= 0.6 is 0 Å². The number of sulfonamides is 1. The summed E-state index contributed by atoms with van der Waals surface area (Å²) in [6.07, 6.45) is 3.17. The second-order valence-corrected chi connectivity index (χ2v) is 10.4. The van der Waals surface area contributed by atoms with E-state index >= 15 is 0 Å². The minimum absolute atomic E-state index is 0.0171. The topological polar surface area (TPSA) is 103 Å². The normalized spacial score (nSPS) is 18.8. The third kappa shape index (κ3) is 6.25. The number of esters is 1. The fraction of sp³-hybridized carbons (Fsp3) is 0.667. The van der Waals surface area contributed by atoms with Gasteiger partial charge in [-0.2, -0.15) is 4.31 Å². The zero-order valence-corrected chi connectivity index (χ0v) is 19.2. The molecule has 0 unspecified atom stereocenters. The molecule has 8 nitrogen and oxygen atoms in total. The Morgan fingerprint density at radius 3 is 2.70 bits per heavy atom. The lowest BCUT2D eigenvalue weighted by atomic mass is 10.2. The van der Waals surface area contributed by atoms with E-state index in [0.717, 1.165) is 6.29 Å². The summed E-state index contributed by atoms with van der Waals surface area (Å²) in [4.78, 5) is 27.4. The summed E-state index contributed by atoms with van der Waals surface area (Å²) in [5, 5.41) is 0. The van der Waals surface area contributed by atoms with Gasteiger partial charge >= 0.3 is 5.97 Å². The number of aryl methyl sites for hydroxylation is 1. The summed E-state index contributed by atoms with van der Waals surface area (Å²) in [5.74, 6) is -0.531. The quantitative estimate of drug-likeness (QED) is 0.330. The van der Waals surface area contributed by atoms with Crippen LogP contribution in [0.3, 0.4) is 0 Å². The maximum Gasteiger partial charge on any atom is 0.324 e. The minimum Gasteiger partial charge on any atom is -0.474 e. The van der Waals surface area contributed by atoms with Crippen LogP contribution in [0, 0.1) is 6.92 Å². The van der Waals surface area contributed by atoms with Crippen LogP contribution in [0.25, 0.3) is 0 Å². The molecule has 1 aliphatic heterocycles. The van der Waals surface area contributed by atoms with Crippen molar-refractivity contribution in [3.05, 3.63) is 17.8 Å². The predicted molar refractivity (Wildman–Crippen MR) is 112 cm³/mol. The molecule has 9 heteroatoms. The number of aldehydes is 1. The van der Waals surface area contributed by atoms with Crippen molar-refractivity contribution in [2.24, 2.45) is 0 Å². The van der Waals surface area contributed by atoms with Gasteiger partial charge in [-0.3, -0.25) is 4.79 Å². The average molecular weight is 441 g/mol. The molecule has 30 heavy (non-hydrogen) atoms. The third-order valence-corrected chi connectivity index (χ3v) is 6.60. The molecule has 2 atom stereocenters. The Labute approximate surface area is 179 Å². The molecular formula is C21H32N2O6S. The number of ether oxygens (including phenoxy) is 2. The molecule has 1 aromatic rings. The van der Waals surface area contributed by atoms with Crippen LogP contribution < -0.4 is 4.74 Å². The van der Waals surface area contributed by atoms with Gasteiger partial charge in [0, 0.05) is 18.7 Å². The number of nitrogens with zero attached hydrogens (tertiary/aromatic N) is 2. The van der Waals surface area contributed by atoms with Crippen molar-refractivity contribution in [2.45, 2.75) is 89.4 Å². The van der Waals surface area contributed by atoms with Crippen LogP contribution in [-0.2, 0) is 24.3 Å². The summed E-state index contributed by atoms with van der Waals surface area (Å²) in [6.45, 7) is 9.04. The number of carbonyl (C=O) groups is 2. The van der Waals surface area contributed by atoms with Crippen molar-refractivity contribution >= 4 is 22.3 Å². The molecule has 0 N–H and O–H groups in total. The van der Waals surface area contributed by atoms with Gasteiger partial charge in [0.05, 0.1) is 6.10 Å². The van der Waals surface area contributed by atoms with E-state index in [4.69, 9.17) is 9.47 Å². The van der Waals surface area contributed by atoms with Gasteiger partial charge in [0.15, 0.2) is 0 Å². The number of pyridine rings is 1. The molecule has 2 rings (SSSR count). The molecule has 2 heterocycles. The molecule has 1 aromatic heterocycles. The zero-order valence-electron chi connectivity index (χ0n) is 18.4. The second-order valence-electron chi connectivity index (χ2n) is 8.59. The number of aromatic nitrogens is 1. The summed E-state index contributed by atoms with van der Waals surface area (Å²) in [5.41, 5.74) is -0.0830. The largest absolute Gasteiger partial charge is 0.474 e. The van der Waals surface area contributed by atoms with Crippen LogP contribution in [0.15, 0.2) is 17.0 Å². The Hall–Kier alpha value is -2.00. The van der Waals surface area contributed by atoms with E-state index < -0.39 is 27.6 Å². The highest BCUT2D eigenvalue weighted by atomic mass is 32.2. The molecule has 1 aliphatic rings. The van der Waals surface area contributed by atoms with Crippen LogP contribution in [0.2, 0.25) is 0 Å². The van der Waals surface area contributed by atoms with Crippen molar-refractivity contribution in [1.29, 1.82) is 0 Å². The summed E-state index contributed by atoms with van der Waals surface area (Å²) in [7, 11) is -4.02. The zero-order chi connectivity index (χ0) is 22.5. The lowest BCUT2D eigenvalue weighted by Gasteiger charge is -2.27. The van der Waals surface area contributed by atoms with Gasteiger partial charge < -0.3 is 14.3 Å². The monoisotopic (exact) mass is 440 g/mol. The number of rotatable bonds is 9. The first-order valence-electron chi connectivity index (χ1n) is 10.3. The average Bonchev–Trinajstić information content (AvgIpc) is 3.11. The fourth-order valence-corrected chi connectivity index (χ4v) is 5.00. The van der Waals surface area contributed by atoms with Crippen molar-refractivity contribution in [3.8, 4) is 5.88 Å². The minimum atomic E-state index is -4.02. The van der Waals surface area contributed by atoms with Gasteiger partial charge in [0.25, 0.3) is 0 Å². The van der Waals surface area contributed by atoms with E-state index in [2.05, 4.69) is 4.98 Å². The molecule has 0 aliphatic carbocycles. The summed E-state index contributed by atoms with van der Waals surface area (Å²) >= 11 is 0. The van der Waals surface area contributed by atoms with Gasteiger partial charge in [0.2, 0.25) is 15.9 Å². The lowest BCUT2D eigenvalue weighted by molar-refractivity contribution is -0.158. The van der Waals surface area contributed by atoms with E-state index in [1.54, 1.807) is 33.8 Å². The predicted octanol–water partition coefficient (Wildman–Crippen LogP) is 3.02. The summed E-state index contributed by atoms with van der Waals surface area (Å²) < 4.78 is 39.4. The Morgan fingerprint density at radius 1 is 1.37 bits per heavy atom. The molecule has 0 spiro atoms. The lowest BCUT2D eigenvalue weighted by Crippen LogP contribution is -2.43. The Balaban J connectivity index is 2.30. The molecule has 0 radical (unpaired) electrons. The molecule has 1 fully saturated rings. The van der Waals surface area contributed by atoms with Crippen LogP contribution in [-0.4, -0.2) is 54.3 Å². The Morgan fingerprint density at radius 2 is 2.07 bits per heavy atom. The highest BCUT2D eigenvalue weighted by Crippen LogP contribution is 2.32. The number of unbranched alkanes of at least 4 members (excludes halogenated alkanes) is 1. The van der Waals surface area contributed by atoms with E-state index in [-0.39, 0.29) is 23.4 Å².